The standard InChI is InChI=1S/C14H22ClN3O2/c1-9(8-19)10(2)16-14(20)17-12-7-5-6-11(15)13(12)18(3)4/h5-7,9-10,19H,8H2,1-4H3,(H2,16,17,20). The van der Waals surface area contributed by atoms with E-state index in [4.69, 9.17) is 16.7 Å². The van der Waals surface area contributed by atoms with E-state index in [1.54, 1.807) is 18.2 Å². The average molecular weight is 300 g/mol. The van der Waals surface area contributed by atoms with Crippen LogP contribution in [0.2, 0.25) is 5.02 Å². The number of benzene rings is 1. The Morgan fingerprint density at radius 3 is 2.60 bits per heavy atom. The van der Waals surface area contributed by atoms with E-state index in [2.05, 4.69) is 10.6 Å². The van der Waals surface area contributed by atoms with Gasteiger partial charge in [0, 0.05) is 26.7 Å². The zero-order valence-electron chi connectivity index (χ0n) is 12.3. The van der Waals surface area contributed by atoms with Crippen LogP contribution in [-0.4, -0.2) is 37.9 Å². The number of nitrogens with zero attached hydrogens (tertiary/aromatic N) is 1. The minimum absolute atomic E-state index is 0.00608. The highest BCUT2D eigenvalue weighted by molar-refractivity contribution is 6.34. The van der Waals surface area contributed by atoms with Gasteiger partial charge in [0.05, 0.1) is 16.4 Å². The predicted molar refractivity (Wildman–Crippen MR) is 83.6 cm³/mol. The Morgan fingerprint density at radius 2 is 2.05 bits per heavy atom. The van der Waals surface area contributed by atoms with E-state index in [1.807, 2.05) is 32.8 Å². The lowest BCUT2D eigenvalue weighted by molar-refractivity contribution is 0.204. The molecule has 1 aromatic rings. The largest absolute Gasteiger partial charge is 0.396 e. The molecule has 2 unspecified atom stereocenters. The summed E-state index contributed by atoms with van der Waals surface area (Å²) in [4.78, 5) is 13.8. The Bertz CT molecular complexity index is 466. The highest BCUT2D eigenvalue weighted by Gasteiger charge is 2.16. The lowest BCUT2D eigenvalue weighted by atomic mass is 10.1. The number of urea groups is 1. The third-order valence-electron chi connectivity index (χ3n) is 3.18. The molecule has 5 nitrogen and oxygen atoms in total. The van der Waals surface area contributed by atoms with Gasteiger partial charge in [-0.25, -0.2) is 4.79 Å². The summed E-state index contributed by atoms with van der Waals surface area (Å²) in [6.45, 7) is 3.75. The summed E-state index contributed by atoms with van der Waals surface area (Å²) in [5, 5.41) is 15.2. The van der Waals surface area contributed by atoms with Crippen molar-refractivity contribution in [2.75, 3.05) is 30.9 Å². The van der Waals surface area contributed by atoms with Crippen molar-refractivity contribution in [3.63, 3.8) is 0 Å². The van der Waals surface area contributed by atoms with E-state index in [-0.39, 0.29) is 24.6 Å². The molecule has 0 aliphatic carbocycles. The molecule has 0 saturated carbocycles. The molecule has 112 valence electrons. The molecule has 0 bridgehead atoms. The van der Waals surface area contributed by atoms with Gasteiger partial charge in [0.1, 0.15) is 0 Å². The van der Waals surface area contributed by atoms with Gasteiger partial charge < -0.3 is 20.6 Å². The lowest BCUT2D eigenvalue weighted by Gasteiger charge is -2.22. The molecule has 0 fully saturated rings. The number of carbonyl (C=O) groups is 1. The van der Waals surface area contributed by atoms with Crippen molar-refractivity contribution in [1.82, 2.24) is 5.32 Å². The van der Waals surface area contributed by atoms with Gasteiger partial charge in [-0.15, -0.1) is 0 Å². The molecule has 0 heterocycles. The van der Waals surface area contributed by atoms with Crippen LogP contribution in [0.3, 0.4) is 0 Å². The van der Waals surface area contributed by atoms with Gasteiger partial charge in [-0.1, -0.05) is 24.6 Å². The van der Waals surface area contributed by atoms with Gasteiger partial charge >= 0.3 is 6.03 Å². The van der Waals surface area contributed by atoms with Crippen molar-refractivity contribution in [1.29, 1.82) is 0 Å². The number of amides is 2. The quantitative estimate of drug-likeness (QED) is 0.783. The van der Waals surface area contributed by atoms with Crippen molar-refractivity contribution >= 4 is 29.0 Å². The fourth-order valence-corrected chi connectivity index (χ4v) is 2.08. The molecule has 0 radical (unpaired) electrons. The van der Waals surface area contributed by atoms with Gasteiger partial charge in [-0.2, -0.15) is 0 Å². The lowest BCUT2D eigenvalue weighted by Crippen LogP contribution is -2.41. The van der Waals surface area contributed by atoms with E-state index in [0.717, 1.165) is 5.69 Å². The Labute approximate surface area is 124 Å². The summed E-state index contributed by atoms with van der Waals surface area (Å²) in [6.07, 6.45) is 0. The van der Waals surface area contributed by atoms with Crippen LogP contribution in [0.1, 0.15) is 13.8 Å². The first kappa shape index (κ1) is 16.6. The number of nitrogens with one attached hydrogen (secondary N) is 2. The number of anilines is 2. The highest BCUT2D eigenvalue weighted by Crippen LogP contribution is 2.32. The number of aliphatic hydroxyl groups excluding tert-OH is 1. The maximum atomic E-state index is 12.0. The van der Waals surface area contributed by atoms with Gasteiger partial charge in [-0.3, -0.25) is 0 Å². The summed E-state index contributed by atoms with van der Waals surface area (Å²) in [5.41, 5.74) is 1.40. The van der Waals surface area contributed by atoms with E-state index in [0.29, 0.717) is 10.7 Å². The maximum absolute atomic E-state index is 12.0. The van der Waals surface area contributed by atoms with Crippen molar-refractivity contribution in [2.24, 2.45) is 5.92 Å². The van der Waals surface area contributed by atoms with Crippen LogP contribution in [0.25, 0.3) is 0 Å². The van der Waals surface area contributed by atoms with Crippen LogP contribution in [0.4, 0.5) is 16.2 Å². The monoisotopic (exact) mass is 299 g/mol. The zero-order valence-corrected chi connectivity index (χ0v) is 13.0. The SMILES string of the molecule is CC(CO)C(C)NC(=O)Nc1cccc(Cl)c1N(C)C. The minimum atomic E-state index is -0.317. The molecule has 0 saturated heterocycles. The summed E-state index contributed by atoms with van der Waals surface area (Å²) < 4.78 is 0. The first-order valence-electron chi connectivity index (χ1n) is 6.51. The number of hydrogen-bond acceptors (Lipinski definition) is 3. The number of halogens is 1. The van der Waals surface area contributed by atoms with E-state index >= 15 is 0 Å². The number of para-hydroxylation sites is 1. The number of carbonyl (C=O) groups excluding carboxylic acids is 1. The van der Waals surface area contributed by atoms with E-state index in [1.165, 1.54) is 0 Å². The van der Waals surface area contributed by atoms with Crippen molar-refractivity contribution in [2.45, 2.75) is 19.9 Å². The zero-order chi connectivity index (χ0) is 15.3. The summed E-state index contributed by atoms with van der Waals surface area (Å²) in [6, 6.07) is 4.91. The van der Waals surface area contributed by atoms with Crippen LogP contribution in [0.5, 0.6) is 0 Å². The van der Waals surface area contributed by atoms with Crippen LogP contribution < -0.4 is 15.5 Å². The molecule has 6 heteroatoms. The summed E-state index contributed by atoms with van der Waals surface area (Å²) in [5.74, 6) is -0.00608. The maximum Gasteiger partial charge on any atom is 0.319 e. The third-order valence-corrected chi connectivity index (χ3v) is 3.49. The normalized spacial score (nSPS) is 13.5. The van der Waals surface area contributed by atoms with Gasteiger partial charge in [-0.05, 0) is 25.0 Å². The fourth-order valence-electron chi connectivity index (χ4n) is 1.74. The van der Waals surface area contributed by atoms with Crippen molar-refractivity contribution in [3.05, 3.63) is 23.2 Å². The molecule has 0 aliphatic rings. The van der Waals surface area contributed by atoms with Crippen molar-refractivity contribution in [3.8, 4) is 0 Å². The molecule has 2 amide bonds. The predicted octanol–water partition coefficient (Wildman–Crippen LogP) is 2.54. The molecule has 1 aromatic carbocycles. The molecule has 20 heavy (non-hydrogen) atoms. The smallest absolute Gasteiger partial charge is 0.319 e. The highest BCUT2D eigenvalue weighted by atomic mass is 35.5. The second kappa shape index (κ2) is 7.36. The minimum Gasteiger partial charge on any atom is -0.396 e. The average Bonchev–Trinajstić information content (AvgIpc) is 2.36. The number of aliphatic hydroxyl groups is 1. The van der Waals surface area contributed by atoms with Crippen molar-refractivity contribution < 1.29 is 9.90 Å². The first-order valence-corrected chi connectivity index (χ1v) is 6.88. The Kier molecular flexibility index (Phi) is 6.10. The fraction of sp³-hybridized carbons (Fsp3) is 0.500. The van der Waals surface area contributed by atoms with E-state index in [9.17, 15) is 4.79 Å². The Morgan fingerprint density at radius 1 is 1.40 bits per heavy atom. The number of hydrogen-bond donors (Lipinski definition) is 3. The molecular formula is C14H22ClN3O2. The topological polar surface area (TPSA) is 64.6 Å². The molecular weight excluding hydrogens is 278 g/mol. The third kappa shape index (κ3) is 4.28. The summed E-state index contributed by atoms with van der Waals surface area (Å²) >= 11 is 6.14. The van der Waals surface area contributed by atoms with Crippen LogP contribution in [-0.2, 0) is 0 Å². The molecule has 0 aliphatic heterocycles. The van der Waals surface area contributed by atoms with Crippen LogP contribution in [0, 0.1) is 5.92 Å². The Hall–Kier alpha value is -1.46. The number of rotatable bonds is 5. The second-order valence-corrected chi connectivity index (χ2v) is 5.48. The van der Waals surface area contributed by atoms with Gasteiger partial charge in [0.15, 0.2) is 0 Å². The van der Waals surface area contributed by atoms with Gasteiger partial charge in [0.25, 0.3) is 0 Å². The van der Waals surface area contributed by atoms with E-state index < -0.39 is 0 Å². The van der Waals surface area contributed by atoms with Crippen LogP contribution >= 0.6 is 11.6 Å². The first-order chi connectivity index (χ1) is 9.36. The second-order valence-electron chi connectivity index (χ2n) is 5.08. The molecule has 1 rings (SSSR count). The van der Waals surface area contributed by atoms with Crippen LogP contribution in [0.15, 0.2) is 18.2 Å². The molecule has 2 atom stereocenters. The molecule has 0 spiro atoms. The molecule has 0 aromatic heterocycles. The summed E-state index contributed by atoms with van der Waals surface area (Å²) in [7, 11) is 3.72. The van der Waals surface area contributed by atoms with Gasteiger partial charge in [0.2, 0.25) is 0 Å². The Balaban J connectivity index is 2.79. The molecule has 3 N–H and O–H groups in total.